The van der Waals surface area contributed by atoms with E-state index in [-0.39, 0.29) is 6.54 Å². The number of ether oxygens (including phenoxy) is 1. The average molecular weight is 373 g/mol. The van der Waals surface area contributed by atoms with Gasteiger partial charge in [-0.05, 0) is 37.4 Å². The van der Waals surface area contributed by atoms with Gasteiger partial charge in [-0.2, -0.15) is 0 Å². The largest absolute Gasteiger partial charge is 0.496 e. The van der Waals surface area contributed by atoms with Crippen LogP contribution in [0.15, 0.2) is 30.3 Å². The first-order valence-corrected chi connectivity index (χ1v) is 7.64. The van der Waals surface area contributed by atoms with Crippen LogP contribution in [-0.2, 0) is 11.3 Å². The molecule has 0 aliphatic rings. The molecule has 0 saturated heterocycles. The maximum absolute atomic E-state index is 13.6. The van der Waals surface area contributed by atoms with E-state index in [4.69, 9.17) is 16.3 Å². The van der Waals surface area contributed by atoms with E-state index in [9.17, 15) is 18.0 Å². The number of carbonyl (C=O) groups excluding carboxylic acids is 1. The van der Waals surface area contributed by atoms with Crippen molar-refractivity contribution in [2.75, 3.05) is 26.0 Å². The van der Waals surface area contributed by atoms with Crippen LogP contribution in [0.4, 0.5) is 18.9 Å². The lowest BCUT2D eigenvalue weighted by molar-refractivity contribution is -0.117. The van der Waals surface area contributed by atoms with Crippen molar-refractivity contribution in [3.63, 3.8) is 0 Å². The minimum atomic E-state index is -1.63. The molecule has 0 saturated carbocycles. The highest BCUT2D eigenvalue weighted by Crippen LogP contribution is 2.24. The zero-order valence-corrected chi connectivity index (χ0v) is 14.3. The zero-order chi connectivity index (χ0) is 18.6. The van der Waals surface area contributed by atoms with Crippen molar-refractivity contribution >= 4 is 23.2 Å². The molecule has 2 aromatic carbocycles. The van der Waals surface area contributed by atoms with E-state index in [0.717, 1.165) is 17.7 Å². The van der Waals surface area contributed by atoms with Crippen LogP contribution >= 0.6 is 11.6 Å². The van der Waals surface area contributed by atoms with Crippen molar-refractivity contribution in [1.82, 2.24) is 4.90 Å². The Morgan fingerprint density at radius 3 is 2.60 bits per heavy atom. The van der Waals surface area contributed by atoms with Gasteiger partial charge in [-0.25, -0.2) is 13.2 Å². The molecule has 0 radical (unpaired) electrons. The lowest BCUT2D eigenvalue weighted by Crippen LogP contribution is -2.30. The maximum atomic E-state index is 13.6. The first-order chi connectivity index (χ1) is 11.8. The molecule has 1 amide bonds. The molecule has 1 N–H and O–H groups in total. The minimum Gasteiger partial charge on any atom is -0.496 e. The van der Waals surface area contributed by atoms with Crippen LogP contribution < -0.4 is 10.1 Å². The van der Waals surface area contributed by atoms with Crippen LogP contribution in [0.2, 0.25) is 5.02 Å². The average Bonchev–Trinajstić information content (AvgIpc) is 2.55. The number of carbonyl (C=O) groups is 1. The summed E-state index contributed by atoms with van der Waals surface area (Å²) in [6, 6.07) is 6.81. The van der Waals surface area contributed by atoms with Crippen LogP contribution in [0.25, 0.3) is 0 Å². The smallest absolute Gasteiger partial charge is 0.238 e. The number of anilines is 1. The van der Waals surface area contributed by atoms with E-state index in [0.29, 0.717) is 17.3 Å². The van der Waals surface area contributed by atoms with E-state index in [1.54, 1.807) is 30.1 Å². The molecule has 0 atom stereocenters. The summed E-state index contributed by atoms with van der Waals surface area (Å²) >= 11 is 5.95. The number of nitrogens with one attached hydrogen (secondary N) is 1. The summed E-state index contributed by atoms with van der Waals surface area (Å²) in [5, 5.41) is 2.74. The minimum absolute atomic E-state index is 0.103. The summed E-state index contributed by atoms with van der Waals surface area (Å²) < 4.78 is 44.9. The monoisotopic (exact) mass is 372 g/mol. The van der Waals surface area contributed by atoms with E-state index in [1.807, 2.05) is 0 Å². The highest BCUT2D eigenvalue weighted by atomic mass is 35.5. The third kappa shape index (κ3) is 4.87. The summed E-state index contributed by atoms with van der Waals surface area (Å²) in [4.78, 5) is 13.6. The van der Waals surface area contributed by atoms with Gasteiger partial charge in [0.05, 0.1) is 19.3 Å². The van der Waals surface area contributed by atoms with Gasteiger partial charge in [0.15, 0.2) is 17.5 Å². The van der Waals surface area contributed by atoms with Crippen LogP contribution in [0.1, 0.15) is 5.56 Å². The molecule has 2 rings (SSSR count). The number of hydrogen-bond donors (Lipinski definition) is 1. The number of methoxy groups -OCH3 is 1. The molecule has 8 heteroatoms. The Hall–Kier alpha value is -2.25. The number of likely N-dealkylation sites (N-methyl/N-ethyl adjacent to an activating group) is 1. The van der Waals surface area contributed by atoms with Gasteiger partial charge in [0.2, 0.25) is 5.91 Å². The second-order valence-electron chi connectivity index (χ2n) is 5.40. The number of hydrogen-bond acceptors (Lipinski definition) is 3. The lowest BCUT2D eigenvalue weighted by atomic mass is 10.2. The van der Waals surface area contributed by atoms with Crippen LogP contribution in [-0.4, -0.2) is 31.5 Å². The third-order valence-electron chi connectivity index (χ3n) is 3.41. The SMILES string of the molecule is COc1ccc(Cl)cc1CN(C)CC(=O)Nc1ccc(F)c(F)c1F. The normalized spacial score (nSPS) is 10.8. The second kappa shape index (κ2) is 8.22. The van der Waals surface area contributed by atoms with Gasteiger partial charge < -0.3 is 10.1 Å². The standard InChI is InChI=1S/C17H16ClF3N2O2/c1-23(8-10-7-11(18)3-6-14(10)25-2)9-15(24)22-13-5-4-12(19)16(20)17(13)21/h3-7H,8-9H2,1-2H3,(H,22,24). The quantitative estimate of drug-likeness (QED) is 0.783. The first-order valence-electron chi connectivity index (χ1n) is 7.26. The summed E-state index contributed by atoms with van der Waals surface area (Å²) in [5.41, 5.74) is 0.349. The summed E-state index contributed by atoms with van der Waals surface area (Å²) in [6.07, 6.45) is 0. The van der Waals surface area contributed by atoms with Gasteiger partial charge in [0.1, 0.15) is 5.75 Å². The second-order valence-corrected chi connectivity index (χ2v) is 5.84. The van der Waals surface area contributed by atoms with E-state index >= 15 is 0 Å². The Labute approximate surface area is 148 Å². The molecule has 25 heavy (non-hydrogen) atoms. The number of benzene rings is 2. The molecule has 0 bridgehead atoms. The van der Waals surface area contributed by atoms with Gasteiger partial charge in [-0.1, -0.05) is 11.6 Å². The van der Waals surface area contributed by atoms with Gasteiger partial charge in [0, 0.05) is 17.1 Å². The highest BCUT2D eigenvalue weighted by Gasteiger charge is 2.16. The number of nitrogens with zero attached hydrogens (tertiary/aromatic N) is 1. The Morgan fingerprint density at radius 2 is 1.92 bits per heavy atom. The van der Waals surface area contributed by atoms with E-state index < -0.39 is 29.0 Å². The number of rotatable bonds is 6. The zero-order valence-electron chi connectivity index (χ0n) is 13.6. The van der Waals surface area contributed by atoms with Crippen molar-refractivity contribution in [2.45, 2.75) is 6.54 Å². The maximum Gasteiger partial charge on any atom is 0.238 e. The summed E-state index contributed by atoms with van der Waals surface area (Å²) in [6.45, 7) is 0.242. The molecular formula is C17H16ClF3N2O2. The highest BCUT2D eigenvalue weighted by molar-refractivity contribution is 6.30. The number of amides is 1. The van der Waals surface area contributed by atoms with Crippen molar-refractivity contribution in [1.29, 1.82) is 0 Å². The Bertz CT molecular complexity index is 787. The van der Waals surface area contributed by atoms with Crippen LogP contribution in [0, 0.1) is 17.5 Å². The lowest BCUT2D eigenvalue weighted by Gasteiger charge is -2.18. The molecule has 0 aliphatic carbocycles. The van der Waals surface area contributed by atoms with Crippen LogP contribution in [0.5, 0.6) is 5.75 Å². The summed E-state index contributed by atoms with van der Waals surface area (Å²) in [5.74, 6) is -4.35. The first kappa shape index (κ1) is 19.1. The van der Waals surface area contributed by atoms with Crippen molar-refractivity contribution in [2.24, 2.45) is 0 Å². The molecule has 0 heterocycles. The molecule has 0 spiro atoms. The van der Waals surface area contributed by atoms with E-state index in [1.165, 1.54) is 7.11 Å². The van der Waals surface area contributed by atoms with Crippen molar-refractivity contribution in [3.8, 4) is 5.75 Å². The fourth-order valence-corrected chi connectivity index (χ4v) is 2.47. The predicted octanol–water partition coefficient (Wildman–Crippen LogP) is 3.84. The predicted molar refractivity (Wildman–Crippen MR) is 89.3 cm³/mol. The van der Waals surface area contributed by atoms with E-state index in [2.05, 4.69) is 5.32 Å². The fraction of sp³-hybridized carbons (Fsp3) is 0.235. The van der Waals surface area contributed by atoms with Crippen molar-refractivity contribution in [3.05, 3.63) is 58.4 Å². The molecule has 0 unspecified atom stereocenters. The Kier molecular flexibility index (Phi) is 6.27. The Morgan fingerprint density at radius 1 is 1.20 bits per heavy atom. The van der Waals surface area contributed by atoms with Gasteiger partial charge in [0.25, 0.3) is 0 Å². The third-order valence-corrected chi connectivity index (χ3v) is 3.64. The molecule has 0 fully saturated rings. The fourth-order valence-electron chi connectivity index (χ4n) is 2.27. The molecule has 0 aromatic heterocycles. The van der Waals surface area contributed by atoms with Gasteiger partial charge in [-0.15, -0.1) is 0 Å². The molecule has 134 valence electrons. The van der Waals surface area contributed by atoms with Gasteiger partial charge >= 0.3 is 0 Å². The Balaban J connectivity index is 2.01. The summed E-state index contributed by atoms with van der Waals surface area (Å²) in [7, 11) is 3.19. The molecule has 0 aliphatic heterocycles. The van der Waals surface area contributed by atoms with Gasteiger partial charge in [-0.3, -0.25) is 9.69 Å². The molecule has 4 nitrogen and oxygen atoms in total. The number of halogens is 4. The van der Waals surface area contributed by atoms with Crippen molar-refractivity contribution < 1.29 is 22.7 Å². The topological polar surface area (TPSA) is 41.6 Å². The van der Waals surface area contributed by atoms with Crippen LogP contribution in [0.3, 0.4) is 0 Å². The molecule has 2 aromatic rings. The molecular weight excluding hydrogens is 357 g/mol.